The fourth-order valence-electron chi connectivity index (χ4n) is 1.74. The molecule has 16 heavy (non-hydrogen) atoms. The highest BCUT2D eigenvalue weighted by molar-refractivity contribution is 8.00. The number of thioether (sulfide) groups is 1. The van der Waals surface area contributed by atoms with Crippen LogP contribution >= 0.6 is 11.8 Å². The minimum Gasteiger partial charge on any atom is -0.504 e. The summed E-state index contributed by atoms with van der Waals surface area (Å²) in [7, 11) is 0. The summed E-state index contributed by atoms with van der Waals surface area (Å²) >= 11 is 1.91. The van der Waals surface area contributed by atoms with Gasteiger partial charge in [-0.3, -0.25) is 0 Å². The van der Waals surface area contributed by atoms with E-state index in [1.54, 1.807) is 6.07 Å². The van der Waals surface area contributed by atoms with Gasteiger partial charge in [0.2, 0.25) is 0 Å². The van der Waals surface area contributed by atoms with Crippen molar-refractivity contribution in [2.24, 2.45) is 0 Å². The van der Waals surface area contributed by atoms with E-state index in [1.165, 1.54) is 18.9 Å². The lowest BCUT2D eigenvalue weighted by molar-refractivity contribution is 0.397. The van der Waals surface area contributed by atoms with Crippen LogP contribution in [0.15, 0.2) is 18.2 Å². The molecule has 2 rings (SSSR count). The van der Waals surface area contributed by atoms with Crippen molar-refractivity contribution in [2.75, 3.05) is 12.8 Å². The van der Waals surface area contributed by atoms with Crippen molar-refractivity contribution in [2.45, 2.75) is 24.1 Å². The molecule has 0 saturated heterocycles. The van der Waals surface area contributed by atoms with Crippen LogP contribution in [0.2, 0.25) is 0 Å². The van der Waals surface area contributed by atoms with Crippen LogP contribution in [-0.2, 0) is 6.54 Å². The Labute approximate surface area is 99.9 Å². The quantitative estimate of drug-likeness (QED) is 0.689. The van der Waals surface area contributed by atoms with Crippen LogP contribution in [0.5, 0.6) is 11.5 Å². The summed E-state index contributed by atoms with van der Waals surface area (Å²) in [5, 5.41) is 22.3. The van der Waals surface area contributed by atoms with Crippen LogP contribution in [0, 0.1) is 0 Å². The molecule has 3 nitrogen and oxygen atoms in total. The van der Waals surface area contributed by atoms with Crippen LogP contribution < -0.4 is 5.32 Å². The molecule has 0 aliphatic heterocycles. The molecule has 0 unspecified atom stereocenters. The average molecular weight is 239 g/mol. The maximum Gasteiger partial charge on any atom is 0.161 e. The Balaban J connectivity index is 1.88. The molecule has 0 bridgehead atoms. The fraction of sp³-hybridized carbons (Fsp3) is 0.500. The van der Waals surface area contributed by atoms with Crippen LogP contribution in [0.4, 0.5) is 0 Å². The average Bonchev–Trinajstić information content (AvgIpc) is 3.05. The van der Waals surface area contributed by atoms with Gasteiger partial charge < -0.3 is 15.5 Å². The molecule has 0 heterocycles. The first-order chi connectivity index (χ1) is 7.67. The van der Waals surface area contributed by atoms with Crippen LogP contribution in [0.3, 0.4) is 0 Å². The summed E-state index contributed by atoms with van der Waals surface area (Å²) in [6.07, 6.45) is 4.68. The monoisotopic (exact) mass is 239 g/mol. The van der Waals surface area contributed by atoms with Gasteiger partial charge in [-0.15, -0.1) is 0 Å². The molecule has 0 spiro atoms. The number of benzene rings is 1. The number of phenols is 2. The zero-order chi connectivity index (χ0) is 11.6. The molecule has 0 radical (unpaired) electrons. The van der Waals surface area contributed by atoms with Crippen LogP contribution in [0.25, 0.3) is 0 Å². The van der Waals surface area contributed by atoms with E-state index in [4.69, 9.17) is 0 Å². The standard InChI is InChI=1S/C12H17NO2S/c1-16-12(5-6-12)8-13-7-9-3-2-4-10(14)11(9)15/h2-4,13-15H,5-8H2,1H3. The molecule has 4 heteroatoms. The van der Waals surface area contributed by atoms with Gasteiger partial charge in [0.1, 0.15) is 0 Å². The van der Waals surface area contributed by atoms with Gasteiger partial charge in [-0.05, 0) is 25.2 Å². The third-order valence-corrected chi connectivity index (χ3v) is 4.52. The van der Waals surface area contributed by atoms with Gasteiger partial charge in [0.05, 0.1) is 0 Å². The molecule has 1 aliphatic rings. The van der Waals surface area contributed by atoms with E-state index in [2.05, 4.69) is 11.6 Å². The number of hydrogen-bond donors (Lipinski definition) is 3. The second kappa shape index (κ2) is 4.55. The predicted octanol–water partition coefficient (Wildman–Crippen LogP) is 2.08. The van der Waals surface area contributed by atoms with Gasteiger partial charge in [-0.2, -0.15) is 11.8 Å². The summed E-state index contributed by atoms with van der Waals surface area (Å²) in [5.41, 5.74) is 0.747. The van der Waals surface area contributed by atoms with Crippen molar-refractivity contribution >= 4 is 11.8 Å². The lowest BCUT2D eigenvalue weighted by Gasteiger charge is -2.13. The molecule has 1 aliphatic carbocycles. The first-order valence-electron chi connectivity index (χ1n) is 5.42. The second-order valence-corrected chi connectivity index (χ2v) is 5.55. The van der Waals surface area contributed by atoms with Gasteiger partial charge >= 0.3 is 0 Å². The maximum absolute atomic E-state index is 9.60. The largest absolute Gasteiger partial charge is 0.504 e. The predicted molar refractivity (Wildman–Crippen MR) is 67.0 cm³/mol. The van der Waals surface area contributed by atoms with Crippen molar-refractivity contribution in [3.05, 3.63) is 23.8 Å². The van der Waals surface area contributed by atoms with E-state index in [9.17, 15) is 10.2 Å². The molecule has 1 aromatic carbocycles. The highest BCUT2D eigenvalue weighted by atomic mass is 32.2. The Morgan fingerprint density at radius 2 is 2.12 bits per heavy atom. The van der Waals surface area contributed by atoms with Gasteiger partial charge in [0, 0.05) is 23.4 Å². The Hall–Kier alpha value is -0.870. The molecular weight excluding hydrogens is 222 g/mol. The van der Waals surface area contributed by atoms with E-state index >= 15 is 0 Å². The van der Waals surface area contributed by atoms with Crippen molar-refractivity contribution in [3.63, 3.8) is 0 Å². The Morgan fingerprint density at radius 3 is 2.75 bits per heavy atom. The zero-order valence-electron chi connectivity index (χ0n) is 9.36. The SMILES string of the molecule is CSC1(CNCc2cccc(O)c2O)CC1. The molecule has 0 amide bonds. The van der Waals surface area contributed by atoms with Crippen LogP contribution in [-0.4, -0.2) is 27.8 Å². The lowest BCUT2D eigenvalue weighted by Crippen LogP contribution is -2.25. The number of nitrogens with one attached hydrogen (secondary N) is 1. The van der Waals surface area contributed by atoms with Gasteiger partial charge in [-0.1, -0.05) is 12.1 Å². The number of hydrogen-bond acceptors (Lipinski definition) is 4. The minimum absolute atomic E-state index is 0.0102. The number of para-hydroxylation sites is 1. The first kappa shape index (κ1) is 11.6. The zero-order valence-corrected chi connectivity index (χ0v) is 10.2. The first-order valence-corrected chi connectivity index (χ1v) is 6.65. The molecule has 1 saturated carbocycles. The highest BCUT2D eigenvalue weighted by Gasteiger charge is 2.41. The van der Waals surface area contributed by atoms with Gasteiger partial charge in [0.15, 0.2) is 11.5 Å². The van der Waals surface area contributed by atoms with E-state index in [0.717, 1.165) is 12.1 Å². The van der Waals surface area contributed by atoms with Crippen molar-refractivity contribution in [1.82, 2.24) is 5.32 Å². The maximum atomic E-state index is 9.60. The summed E-state index contributed by atoms with van der Waals surface area (Å²) in [4.78, 5) is 0. The highest BCUT2D eigenvalue weighted by Crippen LogP contribution is 2.46. The summed E-state index contributed by atoms with van der Waals surface area (Å²) < 4.78 is 0.423. The smallest absolute Gasteiger partial charge is 0.161 e. The molecule has 0 atom stereocenters. The van der Waals surface area contributed by atoms with Gasteiger partial charge in [0.25, 0.3) is 0 Å². The molecule has 1 aromatic rings. The van der Waals surface area contributed by atoms with Crippen molar-refractivity contribution < 1.29 is 10.2 Å². The van der Waals surface area contributed by atoms with Crippen molar-refractivity contribution in [1.29, 1.82) is 0 Å². The summed E-state index contributed by atoms with van der Waals surface area (Å²) in [6.45, 7) is 1.56. The third kappa shape index (κ3) is 2.44. The number of aromatic hydroxyl groups is 2. The number of rotatable bonds is 5. The third-order valence-electron chi connectivity index (χ3n) is 3.10. The van der Waals surface area contributed by atoms with E-state index in [0.29, 0.717) is 11.3 Å². The summed E-state index contributed by atoms with van der Waals surface area (Å²) in [5.74, 6) is -0.0608. The Kier molecular flexibility index (Phi) is 3.30. The van der Waals surface area contributed by atoms with Crippen molar-refractivity contribution in [3.8, 4) is 11.5 Å². The lowest BCUT2D eigenvalue weighted by atomic mass is 10.2. The molecule has 0 aromatic heterocycles. The number of phenolic OH excluding ortho intramolecular Hbond substituents is 2. The summed E-state index contributed by atoms with van der Waals surface area (Å²) in [6, 6.07) is 5.05. The molecule has 3 N–H and O–H groups in total. The van der Waals surface area contributed by atoms with Gasteiger partial charge in [-0.25, -0.2) is 0 Å². The van der Waals surface area contributed by atoms with E-state index in [-0.39, 0.29) is 11.5 Å². The van der Waals surface area contributed by atoms with E-state index in [1.807, 2.05) is 17.8 Å². The Morgan fingerprint density at radius 1 is 1.38 bits per heavy atom. The molecule has 88 valence electrons. The molecule has 1 fully saturated rings. The van der Waals surface area contributed by atoms with E-state index < -0.39 is 0 Å². The normalized spacial score (nSPS) is 17.3. The fourth-order valence-corrected chi connectivity index (χ4v) is 2.49. The Bertz CT molecular complexity index is 377. The van der Waals surface area contributed by atoms with Crippen LogP contribution in [0.1, 0.15) is 18.4 Å². The minimum atomic E-state index is -0.0506. The second-order valence-electron chi connectivity index (χ2n) is 4.28. The topological polar surface area (TPSA) is 52.5 Å². The molecular formula is C12H17NO2S.